The Morgan fingerprint density at radius 3 is 2.18 bits per heavy atom. The number of hydrogen-bond acceptors (Lipinski definition) is 1. The van der Waals surface area contributed by atoms with Gasteiger partial charge in [0.25, 0.3) is 8.32 Å². The lowest BCUT2D eigenvalue weighted by atomic mass is 10.2. The molecular formula is C13H20BrFOSi. The molecule has 0 radical (unpaired) electrons. The second-order valence-corrected chi connectivity index (χ2v) is 11.5. The summed E-state index contributed by atoms with van der Waals surface area (Å²) in [6.45, 7) is 12.5. The second-order valence-electron chi connectivity index (χ2n) is 5.90. The molecule has 0 N–H and O–H groups in total. The van der Waals surface area contributed by atoms with E-state index in [1.807, 2.05) is 13.0 Å². The molecule has 0 spiro atoms. The van der Waals surface area contributed by atoms with Crippen molar-refractivity contribution in [2.45, 2.75) is 45.8 Å². The quantitative estimate of drug-likeness (QED) is 0.674. The first kappa shape index (κ1) is 14.7. The number of benzene rings is 1. The van der Waals surface area contributed by atoms with Gasteiger partial charge in [0.05, 0.1) is 0 Å². The number of aryl methyl sites for hydroxylation is 1. The Hall–Kier alpha value is -0.353. The highest BCUT2D eigenvalue weighted by Gasteiger charge is 2.39. The first-order chi connectivity index (χ1) is 7.54. The van der Waals surface area contributed by atoms with Crippen molar-refractivity contribution in [3.8, 4) is 5.75 Å². The zero-order valence-electron chi connectivity index (χ0n) is 11.3. The van der Waals surface area contributed by atoms with Crippen LogP contribution in [0.5, 0.6) is 5.75 Å². The van der Waals surface area contributed by atoms with Crippen LogP contribution in [0.1, 0.15) is 26.3 Å². The predicted molar refractivity (Wildman–Crippen MR) is 76.7 cm³/mol. The molecule has 0 atom stereocenters. The Kier molecular flexibility index (Phi) is 4.09. The van der Waals surface area contributed by atoms with Crippen LogP contribution in [0.2, 0.25) is 18.1 Å². The van der Waals surface area contributed by atoms with Gasteiger partial charge in [-0.25, -0.2) is 4.39 Å². The van der Waals surface area contributed by atoms with E-state index in [4.69, 9.17) is 4.43 Å². The smallest absolute Gasteiger partial charge is 0.250 e. The van der Waals surface area contributed by atoms with Crippen molar-refractivity contribution in [2.75, 3.05) is 0 Å². The largest absolute Gasteiger partial charge is 0.541 e. The van der Waals surface area contributed by atoms with Gasteiger partial charge in [0.1, 0.15) is 5.75 Å². The van der Waals surface area contributed by atoms with Crippen LogP contribution in [-0.2, 0) is 0 Å². The predicted octanol–water partition coefficient (Wildman–Crippen LogP) is 5.28. The summed E-state index contributed by atoms with van der Waals surface area (Å²) in [6.07, 6.45) is 0. The fraction of sp³-hybridized carbons (Fsp3) is 0.538. The summed E-state index contributed by atoms with van der Waals surface area (Å²) in [4.78, 5) is 0. The number of rotatable bonds is 2. The van der Waals surface area contributed by atoms with Crippen molar-refractivity contribution in [3.05, 3.63) is 28.0 Å². The minimum Gasteiger partial charge on any atom is -0.541 e. The Morgan fingerprint density at radius 1 is 1.24 bits per heavy atom. The fourth-order valence-corrected chi connectivity index (χ4v) is 2.85. The van der Waals surface area contributed by atoms with Crippen LogP contribution in [0.25, 0.3) is 0 Å². The van der Waals surface area contributed by atoms with E-state index < -0.39 is 8.32 Å². The molecule has 0 amide bonds. The molecule has 1 aromatic rings. The number of hydrogen-bond donors (Lipinski definition) is 0. The van der Waals surface area contributed by atoms with Gasteiger partial charge in [-0.15, -0.1) is 0 Å². The monoisotopic (exact) mass is 318 g/mol. The molecule has 17 heavy (non-hydrogen) atoms. The molecular weight excluding hydrogens is 299 g/mol. The maximum Gasteiger partial charge on any atom is 0.250 e. The Balaban J connectivity index is 3.13. The standard InChI is InChI=1S/C13H20BrFOSi/c1-9-7-10(14)8-11(15)12(9)16-17(5,6)13(2,3)4/h7-8H,1-6H3. The van der Waals surface area contributed by atoms with Gasteiger partial charge in [-0.2, -0.15) is 0 Å². The summed E-state index contributed by atoms with van der Waals surface area (Å²) < 4.78 is 20.7. The summed E-state index contributed by atoms with van der Waals surface area (Å²) in [7, 11) is -1.98. The minimum atomic E-state index is -1.98. The van der Waals surface area contributed by atoms with Crippen molar-refractivity contribution in [3.63, 3.8) is 0 Å². The zero-order chi connectivity index (χ0) is 13.4. The third-order valence-corrected chi connectivity index (χ3v) is 8.14. The van der Waals surface area contributed by atoms with Crippen molar-refractivity contribution in [1.82, 2.24) is 0 Å². The molecule has 1 rings (SSSR count). The molecule has 0 aliphatic heterocycles. The average Bonchev–Trinajstić information content (AvgIpc) is 2.09. The van der Waals surface area contributed by atoms with Crippen LogP contribution in [-0.4, -0.2) is 8.32 Å². The Labute approximate surface area is 113 Å². The molecule has 0 aliphatic rings. The van der Waals surface area contributed by atoms with Gasteiger partial charge in [-0.1, -0.05) is 36.7 Å². The second kappa shape index (κ2) is 4.73. The van der Waals surface area contributed by atoms with Crippen LogP contribution in [0, 0.1) is 12.7 Å². The zero-order valence-corrected chi connectivity index (χ0v) is 13.9. The lowest BCUT2D eigenvalue weighted by Crippen LogP contribution is -2.44. The number of halogens is 2. The third-order valence-electron chi connectivity index (χ3n) is 3.36. The van der Waals surface area contributed by atoms with Crippen molar-refractivity contribution < 1.29 is 8.82 Å². The molecule has 0 fully saturated rings. The maximum atomic E-state index is 13.9. The Bertz CT molecular complexity index is 401. The van der Waals surface area contributed by atoms with Gasteiger partial charge in [-0.05, 0) is 42.8 Å². The van der Waals surface area contributed by atoms with E-state index in [2.05, 4.69) is 49.8 Å². The van der Waals surface area contributed by atoms with E-state index in [0.29, 0.717) is 5.75 Å². The summed E-state index contributed by atoms with van der Waals surface area (Å²) in [5.74, 6) is 0.112. The molecule has 0 aromatic heterocycles. The fourth-order valence-electron chi connectivity index (χ4n) is 1.23. The third kappa shape index (κ3) is 3.32. The van der Waals surface area contributed by atoms with E-state index in [0.717, 1.165) is 10.0 Å². The van der Waals surface area contributed by atoms with Crippen LogP contribution in [0.15, 0.2) is 16.6 Å². The first-order valence-corrected chi connectivity index (χ1v) is 9.39. The maximum absolute atomic E-state index is 13.9. The van der Waals surface area contributed by atoms with Crippen LogP contribution >= 0.6 is 15.9 Å². The SMILES string of the molecule is Cc1cc(Br)cc(F)c1O[Si](C)(C)C(C)(C)C. The summed E-state index contributed by atoms with van der Waals surface area (Å²) in [5, 5.41) is 0.0684. The van der Waals surface area contributed by atoms with Crippen LogP contribution in [0.3, 0.4) is 0 Å². The molecule has 1 aromatic carbocycles. The highest BCUT2D eigenvalue weighted by molar-refractivity contribution is 9.10. The molecule has 4 heteroatoms. The highest BCUT2D eigenvalue weighted by Crippen LogP contribution is 2.39. The lowest BCUT2D eigenvalue weighted by molar-refractivity contribution is 0.453. The minimum absolute atomic E-state index is 0.0684. The first-order valence-electron chi connectivity index (χ1n) is 5.69. The van der Waals surface area contributed by atoms with E-state index in [-0.39, 0.29) is 10.9 Å². The van der Waals surface area contributed by atoms with Gasteiger partial charge in [0.2, 0.25) is 0 Å². The van der Waals surface area contributed by atoms with E-state index in [1.54, 1.807) is 0 Å². The molecule has 96 valence electrons. The lowest BCUT2D eigenvalue weighted by Gasteiger charge is -2.37. The average molecular weight is 319 g/mol. The Morgan fingerprint density at radius 2 is 1.76 bits per heavy atom. The molecule has 0 bridgehead atoms. The van der Waals surface area contributed by atoms with Crippen LogP contribution < -0.4 is 4.43 Å². The van der Waals surface area contributed by atoms with Crippen molar-refractivity contribution in [1.29, 1.82) is 0 Å². The summed E-state index contributed by atoms with van der Waals surface area (Å²) >= 11 is 3.28. The molecule has 0 saturated carbocycles. The van der Waals surface area contributed by atoms with Crippen molar-refractivity contribution >= 4 is 24.2 Å². The van der Waals surface area contributed by atoms with E-state index in [1.165, 1.54) is 6.07 Å². The molecule has 1 nitrogen and oxygen atoms in total. The van der Waals surface area contributed by atoms with E-state index in [9.17, 15) is 4.39 Å². The van der Waals surface area contributed by atoms with Gasteiger partial charge in [-0.3, -0.25) is 0 Å². The van der Waals surface area contributed by atoms with Gasteiger partial charge in [0, 0.05) is 4.47 Å². The molecule has 0 heterocycles. The molecule has 0 aliphatic carbocycles. The van der Waals surface area contributed by atoms with Gasteiger partial charge < -0.3 is 4.43 Å². The van der Waals surface area contributed by atoms with E-state index >= 15 is 0 Å². The van der Waals surface area contributed by atoms with Crippen LogP contribution in [0.4, 0.5) is 4.39 Å². The summed E-state index contributed by atoms with van der Waals surface area (Å²) in [6, 6.07) is 3.33. The highest BCUT2D eigenvalue weighted by atomic mass is 79.9. The normalized spacial score (nSPS) is 12.7. The van der Waals surface area contributed by atoms with Gasteiger partial charge in [0.15, 0.2) is 5.82 Å². The molecule has 0 saturated heterocycles. The topological polar surface area (TPSA) is 9.23 Å². The molecule has 0 unspecified atom stereocenters. The summed E-state index contributed by atoms with van der Waals surface area (Å²) in [5.41, 5.74) is 0.835. The van der Waals surface area contributed by atoms with Gasteiger partial charge >= 0.3 is 0 Å². The van der Waals surface area contributed by atoms with Crippen molar-refractivity contribution in [2.24, 2.45) is 0 Å².